The fourth-order valence-corrected chi connectivity index (χ4v) is 1.18. The summed E-state index contributed by atoms with van der Waals surface area (Å²) >= 11 is 0. The molecule has 0 saturated heterocycles. The Bertz CT molecular complexity index is 285. The third kappa shape index (κ3) is 2.90. The minimum Gasteiger partial charge on any atom is -0.508 e. The predicted molar refractivity (Wildman–Crippen MR) is 51.5 cm³/mol. The molecule has 14 heavy (non-hydrogen) atoms. The molecule has 0 fully saturated rings. The van der Waals surface area contributed by atoms with Crippen LogP contribution in [0, 0.1) is 0 Å². The van der Waals surface area contributed by atoms with Crippen LogP contribution in [0.1, 0.15) is 5.56 Å². The highest BCUT2D eigenvalue weighted by molar-refractivity contribution is 5.39. The summed E-state index contributed by atoms with van der Waals surface area (Å²) < 4.78 is 5.22. The Morgan fingerprint density at radius 3 is 2.57 bits per heavy atom. The molecule has 0 heterocycles. The molecule has 0 bridgehead atoms. The topological polar surface area (TPSA) is 69.9 Å². The summed E-state index contributed by atoms with van der Waals surface area (Å²) in [7, 11) is 0. The van der Waals surface area contributed by atoms with Crippen LogP contribution in [0.2, 0.25) is 0 Å². The lowest BCUT2D eigenvalue weighted by molar-refractivity contribution is 0.199. The highest BCUT2D eigenvalue weighted by atomic mass is 16.5. The molecule has 1 aromatic rings. The average Bonchev–Trinajstić information content (AvgIpc) is 2.17. The van der Waals surface area contributed by atoms with Gasteiger partial charge in [0.25, 0.3) is 0 Å². The first kappa shape index (κ1) is 10.8. The second-order valence-electron chi connectivity index (χ2n) is 2.84. The zero-order valence-corrected chi connectivity index (χ0v) is 7.81. The second-order valence-corrected chi connectivity index (χ2v) is 2.84. The van der Waals surface area contributed by atoms with E-state index in [1.54, 1.807) is 12.1 Å². The van der Waals surface area contributed by atoms with Gasteiger partial charge < -0.3 is 20.1 Å². The van der Waals surface area contributed by atoms with Crippen molar-refractivity contribution >= 4 is 0 Å². The van der Waals surface area contributed by atoms with E-state index >= 15 is 0 Å². The van der Waals surface area contributed by atoms with Gasteiger partial charge in [-0.3, -0.25) is 0 Å². The summed E-state index contributed by atoms with van der Waals surface area (Å²) in [5.74, 6) is 0.732. The lowest BCUT2D eigenvalue weighted by Crippen LogP contribution is -2.04. The van der Waals surface area contributed by atoms with E-state index < -0.39 is 0 Å². The first-order valence-corrected chi connectivity index (χ1v) is 4.44. The third-order valence-corrected chi connectivity index (χ3v) is 1.77. The molecule has 0 aliphatic heterocycles. The van der Waals surface area contributed by atoms with Crippen LogP contribution >= 0.6 is 0 Å². The van der Waals surface area contributed by atoms with Crippen molar-refractivity contribution in [3.8, 4) is 11.5 Å². The van der Waals surface area contributed by atoms with Crippen LogP contribution in [0.15, 0.2) is 18.2 Å². The number of hydrogen-bond donors (Lipinski definition) is 3. The van der Waals surface area contributed by atoms with E-state index in [-0.39, 0.29) is 25.6 Å². The Balaban J connectivity index is 2.78. The lowest BCUT2D eigenvalue weighted by atomic mass is 10.1. The van der Waals surface area contributed by atoms with Crippen LogP contribution in [-0.2, 0) is 6.42 Å². The molecule has 0 aliphatic rings. The van der Waals surface area contributed by atoms with E-state index in [0.717, 1.165) is 5.56 Å². The number of rotatable bonds is 5. The Hall–Kier alpha value is -1.26. The molecule has 0 aliphatic carbocycles. The fraction of sp³-hybridized carbons (Fsp3) is 0.400. The van der Waals surface area contributed by atoms with E-state index in [0.29, 0.717) is 12.2 Å². The second kappa shape index (κ2) is 5.47. The van der Waals surface area contributed by atoms with Crippen LogP contribution in [0.25, 0.3) is 0 Å². The highest BCUT2D eigenvalue weighted by Crippen LogP contribution is 2.23. The number of aliphatic hydroxyl groups excluding tert-OH is 2. The van der Waals surface area contributed by atoms with Crippen molar-refractivity contribution in [2.24, 2.45) is 0 Å². The summed E-state index contributed by atoms with van der Waals surface area (Å²) in [6, 6.07) is 4.67. The Labute approximate surface area is 82.4 Å². The smallest absolute Gasteiger partial charge is 0.122 e. The van der Waals surface area contributed by atoms with Crippen LogP contribution in [0.3, 0.4) is 0 Å². The minimum absolute atomic E-state index is 0.00105. The van der Waals surface area contributed by atoms with Gasteiger partial charge in [0, 0.05) is 12.2 Å². The molecule has 0 atom stereocenters. The molecule has 3 N–H and O–H groups in total. The third-order valence-electron chi connectivity index (χ3n) is 1.77. The molecule has 78 valence electrons. The van der Waals surface area contributed by atoms with Gasteiger partial charge in [0.15, 0.2) is 0 Å². The monoisotopic (exact) mass is 198 g/mol. The van der Waals surface area contributed by atoms with Gasteiger partial charge in [-0.25, -0.2) is 0 Å². The number of benzene rings is 1. The van der Waals surface area contributed by atoms with Crippen LogP contribution in [0.4, 0.5) is 0 Å². The molecule has 1 aromatic carbocycles. The maximum atomic E-state index is 9.20. The first-order chi connectivity index (χ1) is 6.77. The van der Waals surface area contributed by atoms with Gasteiger partial charge in [-0.2, -0.15) is 0 Å². The SMILES string of the molecule is OCCOc1ccc(O)cc1CCO. The summed E-state index contributed by atoms with van der Waals surface area (Å²) in [5.41, 5.74) is 0.737. The van der Waals surface area contributed by atoms with E-state index in [2.05, 4.69) is 0 Å². The van der Waals surface area contributed by atoms with E-state index in [1.165, 1.54) is 6.07 Å². The number of aliphatic hydroxyl groups is 2. The van der Waals surface area contributed by atoms with Crippen LogP contribution < -0.4 is 4.74 Å². The van der Waals surface area contributed by atoms with Gasteiger partial charge in [-0.05, 0) is 24.6 Å². The molecular weight excluding hydrogens is 184 g/mol. The van der Waals surface area contributed by atoms with E-state index in [4.69, 9.17) is 14.9 Å². The number of hydrogen-bond acceptors (Lipinski definition) is 4. The molecule has 4 heteroatoms. The number of ether oxygens (including phenoxy) is 1. The molecule has 0 aromatic heterocycles. The average molecular weight is 198 g/mol. The summed E-state index contributed by atoms with van der Waals surface area (Å²) in [6.45, 7) is 0.154. The highest BCUT2D eigenvalue weighted by Gasteiger charge is 2.04. The quantitative estimate of drug-likeness (QED) is 0.636. The van der Waals surface area contributed by atoms with Crippen molar-refractivity contribution in [2.45, 2.75) is 6.42 Å². The molecule has 4 nitrogen and oxygen atoms in total. The van der Waals surface area contributed by atoms with Gasteiger partial charge in [0.2, 0.25) is 0 Å². The zero-order chi connectivity index (χ0) is 10.4. The van der Waals surface area contributed by atoms with Crippen molar-refractivity contribution in [3.05, 3.63) is 23.8 Å². The molecule has 1 rings (SSSR count). The molecule has 0 spiro atoms. The summed E-state index contributed by atoms with van der Waals surface area (Å²) in [6.07, 6.45) is 0.426. The molecule has 0 radical (unpaired) electrons. The first-order valence-electron chi connectivity index (χ1n) is 4.44. The molecular formula is C10H14O4. The van der Waals surface area contributed by atoms with Gasteiger partial charge in [0.1, 0.15) is 18.1 Å². The minimum atomic E-state index is -0.0561. The normalized spacial score (nSPS) is 10.1. The molecule has 0 unspecified atom stereocenters. The van der Waals surface area contributed by atoms with E-state index in [9.17, 15) is 5.11 Å². The maximum Gasteiger partial charge on any atom is 0.122 e. The Morgan fingerprint density at radius 2 is 1.93 bits per heavy atom. The number of phenolic OH excluding ortho intramolecular Hbond substituents is 1. The van der Waals surface area contributed by atoms with E-state index in [1.807, 2.05) is 0 Å². The van der Waals surface area contributed by atoms with Crippen molar-refractivity contribution < 1.29 is 20.1 Å². The Morgan fingerprint density at radius 1 is 1.14 bits per heavy atom. The molecule has 0 amide bonds. The maximum absolute atomic E-state index is 9.20. The van der Waals surface area contributed by atoms with Gasteiger partial charge in [-0.1, -0.05) is 0 Å². The Kier molecular flexibility index (Phi) is 4.22. The number of phenols is 1. The van der Waals surface area contributed by atoms with Gasteiger partial charge >= 0.3 is 0 Å². The van der Waals surface area contributed by atoms with Crippen LogP contribution in [-0.4, -0.2) is 35.1 Å². The van der Waals surface area contributed by atoms with Gasteiger partial charge in [-0.15, -0.1) is 0 Å². The standard InChI is InChI=1S/C10H14O4/c11-4-3-8-7-9(13)1-2-10(8)14-6-5-12/h1-2,7,11-13H,3-6H2. The summed E-state index contributed by atoms with van der Waals surface area (Å²) in [5, 5.41) is 26.6. The molecule has 0 saturated carbocycles. The van der Waals surface area contributed by atoms with Crippen molar-refractivity contribution in [2.75, 3.05) is 19.8 Å². The lowest BCUT2D eigenvalue weighted by Gasteiger charge is -2.09. The fourth-order valence-electron chi connectivity index (χ4n) is 1.18. The van der Waals surface area contributed by atoms with Crippen LogP contribution in [0.5, 0.6) is 11.5 Å². The van der Waals surface area contributed by atoms with Crippen molar-refractivity contribution in [1.29, 1.82) is 0 Å². The summed E-state index contributed by atoms with van der Waals surface area (Å²) in [4.78, 5) is 0. The largest absolute Gasteiger partial charge is 0.508 e. The predicted octanol–water partition coefficient (Wildman–Crippen LogP) is 0.298. The van der Waals surface area contributed by atoms with Crippen molar-refractivity contribution in [3.63, 3.8) is 0 Å². The zero-order valence-electron chi connectivity index (χ0n) is 7.81. The van der Waals surface area contributed by atoms with Crippen molar-refractivity contribution in [1.82, 2.24) is 0 Å². The van der Waals surface area contributed by atoms with Gasteiger partial charge in [0.05, 0.1) is 6.61 Å². The number of aromatic hydroxyl groups is 1.